The number of amides is 2. The molecule has 3 N–H and O–H groups in total. The maximum absolute atomic E-state index is 12.8. The van der Waals surface area contributed by atoms with Gasteiger partial charge in [0.05, 0.1) is 11.0 Å². The predicted molar refractivity (Wildman–Crippen MR) is 129 cm³/mol. The van der Waals surface area contributed by atoms with Crippen LogP contribution < -0.4 is 10.6 Å². The molecule has 3 atom stereocenters. The van der Waals surface area contributed by atoms with E-state index in [0.29, 0.717) is 17.5 Å². The third kappa shape index (κ3) is 4.03. The van der Waals surface area contributed by atoms with Gasteiger partial charge >= 0.3 is 0 Å². The molecule has 6 heteroatoms. The van der Waals surface area contributed by atoms with Gasteiger partial charge in [-0.1, -0.05) is 31.4 Å². The summed E-state index contributed by atoms with van der Waals surface area (Å²) < 4.78 is 0. The van der Waals surface area contributed by atoms with Crippen molar-refractivity contribution in [2.45, 2.75) is 57.4 Å². The van der Waals surface area contributed by atoms with E-state index in [-0.39, 0.29) is 17.7 Å². The van der Waals surface area contributed by atoms with Gasteiger partial charge in [-0.25, -0.2) is 4.98 Å². The Kier molecular flexibility index (Phi) is 5.16. The molecular weight excluding hydrogens is 412 g/mol. The molecule has 3 fully saturated rings. The molecule has 2 amide bonds. The number of rotatable bonds is 5. The molecule has 2 bridgehead atoms. The number of fused-ring (bicyclic) bond motifs is 3. The molecular formula is C27H30N4O2. The number of anilines is 1. The van der Waals surface area contributed by atoms with Crippen molar-refractivity contribution in [3.05, 3.63) is 48.0 Å². The van der Waals surface area contributed by atoms with E-state index >= 15 is 0 Å². The van der Waals surface area contributed by atoms with Gasteiger partial charge in [-0.3, -0.25) is 9.59 Å². The van der Waals surface area contributed by atoms with Crippen molar-refractivity contribution in [3.63, 3.8) is 0 Å². The van der Waals surface area contributed by atoms with Gasteiger partial charge < -0.3 is 15.6 Å². The van der Waals surface area contributed by atoms with Crippen LogP contribution in [0, 0.1) is 17.8 Å². The van der Waals surface area contributed by atoms with Crippen molar-refractivity contribution in [3.8, 4) is 11.4 Å². The molecule has 3 aliphatic rings. The minimum Gasteiger partial charge on any atom is -0.349 e. The van der Waals surface area contributed by atoms with Crippen LogP contribution in [0.4, 0.5) is 5.69 Å². The largest absolute Gasteiger partial charge is 0.349 e. The average molecular weight is 443 g/mol. The average Bonchev–Trinajstić information content (AvgIpc) is 3.63. The lowest BCUT2D eigenvalue weighted by Gasteiger charge is -2.20. The summed E-state index contributed by atoms with van der Waals surface area (Å²) in [6.45, 7) is 0. The molecule has 0 spiro atoms. The fourth-order valence-electron chi connectivity index (χ4n) is 6.14. The highest BCUT2D eigenvalue weighted by molar-refractivity contribution is 5.96. The summed E-state index contributed by atoms with van der Waals surface area (Å²) in [4.78, 5) is 33.3. The second-order valence-electron chi connectivity index (χ2n) is 10.1. The Morgan fingerprint density at radius 3 is 2.48 bits per heavy atom. The first-order chi connectivity index (χ1) is 16.1. The molecule has 33 heavy (non-hydrogen) atoms. The number of nitrogens with one attached hydrogen (secondary N) is 3. The van der Waals surface area contributed by atoms with Crippen molar-refractivity contribution < 1.29 is 9.59 Å². The predicted octanol–water partition coefficient (Wildman–Crippen LogP) is 5.28. The molecule has 0 aliphatic heterocycles. The normalized spacial score (nSPS) is 24.4. The molecule has 2 aromatic carbocycles. The number of carbonyl (C=O) groups excluding carboxylic acids is 2. The third-order valence-electron chi connectivity index (χ3n) is 7.94. The van der Waals surface area contributed by atoms with Crippen LogP contribution in [0.5, 0.6) is 0 Å². The second kappa shape index (κ2) is 8.32. The first-order valence-electron chi connectivity index (χ1n) is 12.3. The van der Waals surface area contributed by atoms with Gasteiger partial charge in [-0.15, -0.1) is 0 Å². The first-order valence-corrected chi connectivity index (χ1v) is 12.3. The lowest BCUT2D eigenvalue weighted by molar-refractivity contribution is -0.121. The van der Waals surface area contributed by atoms with Crippen molar-refractivity contribution in [2.75, 3.05) is 5.32 Å². The summed E-state index contributed by atoms with van der Waals surface area (Å²) in [6.07, 6.45) is 9.31. The minimum atomic E-state index is -0.00563. The number of hydrogen-bond acceptors (Lipinski definition) is 3. The van der Waals surface area contributed by atoms with E-state index < -0.39 is 0 Å². The maximum atomic E-state index is 12.8. The Bertz CT molecular complexity index is 1190. The quantitative estimate of drug-likeness (QED) is 0.503. The smallest absolute Gasteiger partial charge is 0.251 e. The van der Waals surface area contributed by atoms with Crippen LogP contribution in [-0.2, 0) is 4.79 Å². The zero-order valence-electron chi connectivity index (χ0n) is 18.8. The van der Waals surface area contributed by atoms with E-state index in [9.17, 15) is 9.59 Å². The fourth-order valence-corrected chi connectivity index (χ4v) is 6.14. The fraction of sp³-hybridized carbons (Fsp3) is 0.444. The van der Waals surface area contributed by atoms with Crippen molar-refractivity contribution in [1.82, 2.24) is 15.3 Å². The van der Waals surface area contributed by atoms with Gasteiger partial charge in [0.1, 0.15) is 5.82 Å². The molecule has 3 unspecified atom stereocenters. The van der Waals surface area contributed by atoms with Gasteiger partial charge in [-0.05, 0) is 74.3 Å². The van der Waals surface area contributed by atoms with E-state index in [4.69, 9.17) is 4.98 Å². The third-order valence-corrected chi connectivity index (χ3v) is 7.94. The number of imidazole rings is 1. The number of aromatic amines is 1. The molecule has 3 saturated carbocycles. The van der Waals surface area contributed by atoms with Crippen LogP contribution in [0.15, 0.2) is 42.5 Å². The van der Waals surface area contributed by atoms with E-state index in [2.05, 4.69) is 15.6 Å². The highest BCUT2D eigenvalue weighted by Crippen LogP contribution is 2.48. The number of benzene rings is 2. The van der Waals surface area contributed by atoms with Crippen LogP contribution in [-0.4, -0.2) is 27.8 Å². The minimum absolute atomic E-state index is 0.00563. The van der Waals surface area contributed by atoms with Gasteiger partial charge in [0.15, 0.2) is 0 Å². The Balaban J connectivity index is 1.15. The highest BCUT2D eigenvalue weighted by Gasteiger charge is 2.43. The van der Waals surface area contributed by atoms with Gasteiger partial charge in [0.25, 0.3) is 5.91 Å². The van der Waals surface area contributed by atoms with Crippen LogP contribution >= 0.6 is 0 Å². The number of hydrogen-bond donors (Lipinski definition) is 3. The molecule has 6 nitrogen and oxygen atoms in total. The zero-order valence-corrected chi connectivity index (χ0v) is 18.8. The summed E-state index contributed by atoms with van der Waals surface area (Å²) >= 11 is 0. The summed E-state index contributed by atoms with van der Waals surface area (Å²) in [5, 5.41) is 6.26. The monoisotopic (exact) mass is 442 g/mol. The topological polar surface area (TPSA) is 86.9 Å². The lowest BCUT2D eigenvalue weighted by atomic mass is 9.88. The van der Waals surface area contributed by atoms with Crippen molar-refractivity contribution in [1.29, 1.82) is 0 Å². The van der Waals surface area contributed by atoms with Gasteiger partial charge in [0.2, 0.25) is 5.91 Å². The number of nitrogens with zero attached hydrogens (tertiary/aromatic N) is 1. The van der Waals surface area contributed by atoms with Crippen LogP contribution in [0.3, 0.4) is 0 Å². The van der Waals surface area contributed by atoms with Crippen LogP contribution in [0.2, 0.25) is 0 Å². The summed E-state index contributed by atoms with van der Waals surface area (Å²) in [5.41, 5.74) is 4.15. The SMILES string of the molecule is O=C(NC1CCCC1)c1ccc(-c2nc3ccc(NC(=O)C4CC5CCC4C5)cc3[nH]2)cc1. The van der Waals surface area contributed by atoms with E-state index in [1.54, 1.807) is 0 Å². The Labute approximate surface area is 193 Å². The standard InChI is InChI=1S/C27H30N4O2/c32-26(28-20-3-1-2-4-20)18-9-7-17(8-10-18)25-30-23-12-11-21(15-24(23)31-25)29-27(33)22-14-16-5-6-19(22)13-16/h7-12,15-16,19-20,22H,1-6,13-14H2,(H,28,32)(H,29,33)(H,30,31). The maximum Gasteiger partial charge on any atom is 0.251 e. The summed E-state index contributed by atoms with van der Waals surface area (Å²) in [6, 6.07) is 13.7. The van der Waals surface area contributed by atoms with Crippen LogP contribution in [0.25, 0.3) is 22.4 Å². The molecule has 1 aromatic heterocycles. The molecule has 1 heterocycles. The Hall–Kier alpha value is -3.15. The number of H-pyrrole nitrogens is 1. The summed E-state index contributed by atoms with van der Waals surface area (Å²) in [7, 11) is 0. The number of aromatic nitrogens is 2. The molecule has 3 aliphatic carbocycles. The van der Waals surface area contributed by atoms with Gasteiger partial charge in [0, 0.05) is 28.8 Å². The molecule has 3 aromatic rings. The molecule has 0 radical (unpaired) electrons. The van der Waals surface area contributed by atoms with Crippen molar-refractivity contribution in [2.24, 2.45) is 17.8 Å². The van der Waals surface area contributed by atoms with Crippen molar-refractivity contribution >= 4 is 28.5 Å². The Morgan fingerprint density at radius 2 is 1.76 bits per heavy atom. The zero-order chi connectivity index (χ0) is 22.4. The lowest BCUT2D eigenvalue weighted by Crippen LogP contribution is -2.32. The molecule has 0 saturated heterocycles. The van der Waals surface area contributed by atoms with E-state index in [0.717, 1.165) is 53.3 Å². The van der Waals surface area contributed by atoms with Crippen LogP contribution in [0.1, 0.15) is 61.7 Å². The summed E-state index contributed by atoms with van der Waals surface area (Å²) in [5.74, 6) is 2.40. The number of carbonyl (C=O) groups is 2. The first kappa shape index (κ1) is 20.5. The van der Waals surface area contributed by atoms with E-state index in [1.165, 1.54) is 32.1 Å². The van der Waals surface area contributed by atoms with Gasteiger partial charge in [-0.2, -0.15) is 0 Å². The Morgan fingerprint density at radius 1 is 0.939 bits per heavy atom. The second-order valence-corrected chi connectivity index (χ2v) is 10.1. The molecule has 170 valence electrons. The molecule has 6 rings (SSSR count). The van der Waals surface area contributed by atoms with E-state index in [1.807, 2.05) is 42.5 Å². The highest BCUT2D eigenvalue weighted by atomic mass is 16.2.